The van der Waals surface area contributed by atoms with Crippen LogP contribution < -0.4 is 5.32 Å². The van der Waals surface area contributed by atoms with E-state index in [1.54, 1.807) is 0 Å². The van der Waals surface area contributed by atoms with Crippen molar-refractivity contribution in [3.05, 3.63) is 0 Å². The quantitative estimate of drug-likeness (QED) is 0.586. The van der Waals surface area contributed by atoms with E-state index in [9.17, 15) is 4.79 Å². The Bertz CT molecular complexity index is 470. The molecule has 142 valence electrons. The van der Waals surface area contributed by atoms with Gasteiger partial charge in [0.15, 0.2) is 5.96 Å². The standard InChI is InChI=1S/C18H33N5O2/c1-3-19-18(20-14-15-6-4-8-21(15)2)23-11-9-22(10-12-23)17(24)16-7-5-13-25-16/h15-16H,3-14H2,1-2H3,(H,19,20). The van der Waals surface area contributed by atoms with Crippen LogP contribution in [-0.4, -0.2) is 98.2 Å². The fourth-order valence-electron chi connectivity index (χ4n) is 3.94. The van der Waals surface area contributed by atoms with E-state index in [2.05, 4.69) is 29.1 Å². The monoisotopic (exact) mass is 351 g/mol. The molecule has 3 rings (SSSR count). The number of aliphatic imine (C=N–C) groups is 1. The van der Waals surface area contributed by atoms with Crippen molar-refractivity contribution in [3.8, 4) is 0 Å². The molecule has 1 N–H and O–H groups in total. The highest BCUT2D eigenvalue weighted by atomic mass is 16.5. The number of carbonyl (C=O) groups excluding carboxylic acids is 1. The van der Waals surface area contributed by atoms with E-state index in [-0.39, 0.29) is 12.0 Å². The molecule has 3 heterocycles. The first-order chi connectivity index (χ1) is 12.2. The normalized spacial score (nSPS) is 28.6. The van der Waals surface area contributed by atoms with E-state index >= 15 is 0 Å². The molecule has 7 nitrogen and oxygen atoms in total. The molecular formula is C18H33N5O2. The number of amides is 1. The van der Waals surface area contributed by atoms with Gasteiger partial charge < -0.3 is 24.8 Å². The van der Waals surface area contributed by atoms with Crippen LogP contribution in [-0.2, 0) is 9.53 Å². The smallest absolute Gasteiger partial charge is 0.251 e. The molecule has 2 unspecified atom stereocenters. The van der Waals surface area contributed by atoms with Crippen LogP contribution in [0.2, 0.25) is 0 Å². The summed E-state index contributed by atoms with van der Waals surface area (Å²) >= 11 is 0. The van der Waals surface area contributed by atoms with Crippen molar-refractivity contribution in [3.63, 3.8) is 0 Å². The lowest BCUT2D eigenvalue weighted by molar-refractivity contribution is -0.142. The summed E-state index contributed by atoms with van der Waals surface area (Å²) in [5.41, 5.74) is 0. The van der Waals surface area contributed by atoms with Gasteiger partial charge in [0.1, 0.15) is 6.10 Å². The number of piperazine rings is 1. The Morgan fingerprint density at radius 3 is 2.48 bits per heavy atom. The number of ether oxygens (including phenoxy) is 1. The highest BCUT2D eigenvalue weighted by Gasteiger charge is 2.31. The van der Waals surface area contributed by atoms with Crippen molar-refractivity contribution < 1.29 is 9.53 Å². The van der Waals surface area contributed by atoms with E-state index < -0.39 is 0 Å². The maximum Gasteiger partial charge on any atom is 0.251 e. The SMILES string of the molecule is CCNC(=NCC1CCCN1C)N1CCN(C(=O)C2CCCO2)CC1. The highest BCUT2D eigenvalue weighted by Crippen LogP contribution is 2.17. The number of carbonyl (C=O) groups is 1. The third-order valence-corrected chi connectivity index (χ3v) is 5.55. The van der Waals surface area contributed by atoms with Gasteiger partial charge in [-0.15, -0.1) is 0 Å². The second-order valence-electron chi connectivity index (χ2n) is 7.29. The number of likely N-dealkylation sites (N-methyl/N-ethyl adjacent to an activating group) is 1. The minimum Gasteiger partial charge on any atom is -0.368 e. The van der Waals surface area contributed by atoms with Gasteiger partial charge in [0.05, 0.1) is 6.54 Å². The van der Waals surface area contributed by atoms with E-state index in [1.807, 2.05) is 4.90 Å². The van der Waals surface area contributed by atoms with Crippen molar-refractivity contribution in [1.29, 1.82) is 0 Å². The van der Waals surface area contributed by atoms with Gasteiger partial charge >= 0.3 is 0 Å². The molecule has 0 aliphatic carbocycles. The zero-order valence-corrected chi connectivity index (χ0v) is 15.7. The number of rotatable bonds is 4. The van der Waals surface area contributed by atoms with Gasteiger partial charge in [-0.1, -0.05) is 0 Å². The first kappa shape index (κ1) is 18.5. The molecule has 3 aliphatic heterocycles. The molecule has 0 bridgehead atoms. The fourth-order valence-corrected chi connectivity index (χ4v) is 3.94. The molecule has 3 fully saturated rings. The maximum absolute atomic E-state index is 12.5. The fraction of sp³-hybridized carbons (Fsp3) is 0.889. The third kappa shape index (κ3) is 4.64. The molecule has 2 atom stereocenters. The lowest BCUT2D eigenvalue weighted by Crippen LogP contribution is -2.55. The first-order valence-corrected chi connectivity index (χ1v) is 9.83. The van der Waals surface area contributed by atoms with Gasteiger partial charge in [0, 0.05) is 45.4 Å². The molecule has 0 spiro atoms. The van der Waals surface area contributed by atoms with Crippen molar-refractivity contribution in [2.24, 2.45) is 4.99 Å². The lowest BCUT2D eigenvalue weighted by Gasteiger charge is -2.37. The molecule has 0 saturated carbocycles. The zero-order chi connectivity index (χ0) is 17.6. The number of guanidine groups is 1. The van der Waals surface area contributed by atoms with Crippen LogP contribution in [0.5, 0.6) is 0 Å². The van der Waals surface area contributed by atoms with Crippen LogP contribution in [0, 0.1) is 0 Å². The molecule has 0 aromatic carbocycles. The molecule has 7 heteroatoms. The van der Waals surface area contributed by atoms with Gasteiger partial charge in [-0.2, -0.15) is 0 Å². The topological polar surface area (TPSA) is 60.4 Å². The Labute approximate surface area is 151 Å². The highest BCUT2D eigenvalue weighted by molar-refractivity contribution is 5.82. The van der Waals surface area contributed by atoms with Crippen molar-refractivity contribution >= 4 is 11.9 Å². The van der Waals surface area contributed by atoms with Gasteiger partial charge in [-0.3, -0.25) is 9.79 Å². The van der Waals surface area contributed by atoms with Crippen molar-refractivity contribution in [2.75, 3.05) is 59.5 Å². The van der Waals surface area contributed by atoms with Crippen LogP contribution in [0.1, 0.15) is 32.6 Å². The zero-order valence-electron chi connectivity index (χ0n) is 15.7. The molecular weight excluding hydrogens is 318 g/mol. The van der Waals surface area contributed by atoms with Gasteiger partial charge in [0.25, 0.3) is 5.91 Å². The summed E-state index contributed by atoms with van der Waals surface area (Å²) in [5.74, 6) is 1.17. The van der Waals surface area contributed by atoms with E-state index in [4.69, 9.17) is 9.73 Å². The molecule has 3 saturated heterocycles. The summed E-state index contributed by atoms with van der Waals surface area (Å²) < 4.78 is 5.54. The van der Waals surface area contributed by atoms with E-state index in [0.29, 0.717) is 6.04 Å². The largest absolute Gasteiger partial charge is 0.368 e. The Balaban J connectivity index is 1.52. The lowest BCUT2D eigenvalue weighted by atomic mass is 10.2. The maximum atomic E-state index is 12.5. The van der Waals surface area contributed by atoms with Gasteiger partial charge in [0.2, 0.25) is 0 Å². The number of hydrogen-bond donors (Lipinski definition) is 1. The number of nitrogens with zero attached hydrogens (tertiary/aromatic N) is 4. The molecule has 1 amide bonds. The summed E-state index contributed by atoms with van der Waals surface area (Å²) in [6.07, 6.45) is 4.19. The Morgan fingerprint density at radius 1 is 1.12 bits per heavy atom. The third-order valence-electron chi connectivity index (χ3n) is 5.55. The van der Waals surface area contributed by atoms with Crippen molar-refractivity contribution in [1.82, 2.24) is 20.0 Å². The Kier molecular flexibility index (Phi) is 6.53. The minimum absolute atomic E-state index is 0.173. The molecule has 0 radical (unpaired) electrons. The summed E-state index contributed by atoms with van der Waals surface area (Å²) in [4.78, 5) is 24.0. The second kappa shape index (κ2) is 8.85. The first-order valence-electron chi connectivity index (χ1n) is 9.83. The van der Waals surface area contributed by atoms with Crippen LogP contribution in [0.3, 0.4) is 0 Å². The summed E-state index contributed by atoms with van der Waals surface area (Å²) in [6.45, 7) is 8.93. The number of hydrogen-bond acceptors (Lipinski definition) is 4. The minimum atomic E-state index is -0.202. The summed E-state index contributed by atoms with van der Waals surface area (Å²) in [5, 5.41) is 3.42. The average molecular weight is 351 g/mol. The van der Waals surface area contributed by atoms with Gasteiger partial charge in [-0.25, -0.2) is 0 Å². The molecule has 0 aromatic heterocycles. The van der Waals surface area contributed by atoms with Crippen molar-refractivity contribution in [2.45, 2.75) is 44.8 Å². The molecule has 0 aromatic rings. The summed E-state index contributed by atoms with van der Waals surface area (Å²) in [6, 6.07) is 0.566. The molecule has 3 aliphatic rings. The van der Waals surface area contributed by atoms with E-state index in [1.165, 1.54) is 19.4 Å². The Morgan fingerprint density at radius 2 is 1.88 bits per heavy atom. The number of likely N-dealkylation sites (tertiary alicyclic amines) is 1. The second-order valence-corrected chi connectivity index (χ2v) is 7.29. The van der Waals surface area contributed by atoms with Crippen LogP contribution in [0.15, 0.2) is 4.99 Å². The predicted octanol–water partition coefficient (Wildman–Crippen LogP) is 0.369. The van der Waals surface area contributed by atoms with Crippen LogP contribution in [0.25, 0.3) is 0 Å². The Hall–Kier alpha value is -1.34. The van der Waals surface area contributed by atoms with Crippen LogP contribution in [0.4, 0.5) is 0 Å². The van der Waals surface area contributed by atoms with Crippen LogP contribution >= 0.6 is 0 Å². The summed E-state index contributed by atoms with van der Waals surface area (Å²) in [7, 11) is 2.19. The van der Waals surface area contributed by atoms with E-state index in [0.717, 1.165) is 64.7 Å². The van der Waals surface area contributed by atoms with Gasteiger partial charge in [-0.05, 0) is 46.2 Å². The average Bonchev–Trinajstić information content (AvgIpc) is 3.30. The number of nitrogens with one attached hydrogen (secondary N) is 1. The predicted molar refractivity (Wildman–Crippen MR) is 98.8 cm³/mol. The molecule has 25 heavy (non-hydrogen) atoms.